The number of hydrogen-bond acceptors (Lipinski definition) is 4. The summed E-state index contributed by atoms with van der Waals surface area (Å²) in [5.74, 6) is -0.225. The summed E-state index contributed by atoms with van der Waals surface area (Å²) in [6.07, 6.45) is 3.62. The summed E-state index contributed by atoms with van der Waals surface area (Å²) in [4.78, 5) is 38.6. The van der Waals surface area contributed by atoms with E-state index in [2.05, 4.69) is 4.99 Å². The van der Waals surface area contributed by atoms with Crippen LogP contribution in [0.5, 0.6) is 0 Å². The standard InChI is InChI=1S/C11H14N2O3/c1-11(2)9(15)13(10(11)16)8-4-3-7(5-8)12-6-14/h7-8H,3-5H2,1-2H3. The third-order valence-corrected chi connectivity index (χ3v) is 3.48. The average Bonchev–Trinajstić information content (AvgIpc) is 2.67. The Morgan fingerprint density at radius 3 is 2.50 bits per heavy atom. The van der Waals surface area contributed by atoms with Crippen molar-refractivity contribution < 1.29 is 14.4 Å². The normalized spacial score (nSPS) is 32.2. The van der Waals surface area contributed by atoms with Gasteiger partial charge in [-0.3, -0.25) is 14.5 Å². The minimum atomic E-state index is -0.855. The smallest absolute Gasteiger partial charge is 0.244 e. The van der Waals surface area contributed by atoms with Gasteiger partial charge in [-0.2, -0.15) is 0 Å². The van der Waals surface area contributed by atoms with Crippen LogP contribution in [-0.2, 0) is 14.4 Å². The predicted octanol–water partition coefficient (Wildman–Crippen LogP) is 0.638. The van der Waals surface area contributed by atoms with E-state index >= 15 is 0 Å². The largest absolute Gasteiger partial charge is 0.278 e. The number of aliphatic imine (C=N–C) groups is 1. The molecule has 0 radical (unpaired) electrons. The molecule has 1 heterocycles. The highest BCUT2D eigenvalue weighted by molar-refractivity contribution is 6.21. The van der Waals surface area contributed by atoms with Crippen LogP contribution >= 0.6 is 0 Å². The van der Waals surface area contributed by atoms with Gasteiger partial charge in [0.15, 0.2) is 0 Å². The Labute approximate surface area is 93.5 Å². The van der Waals surface area contributed by atoms with Crippen LogP contribution < -0.4 is 0 Å². The van der Waals surface area contributed by atoms with Crippen LogP contribution in [0.25, 0.3) is 0 Å². The van der Waals surface area contributed by atoms with E-state index in [0.717, 1.165) is 12.8 Å². The molecule has 2 fully saturated rings. The maximum absolute atomic E-state index is 11.7. The Morgan fingerprint density at radius 2 is 1.94 bits per heavy atom. The summed E-state index contributed by atoms with van der Waals surface area (Å²) in [6, 6.07) is -0.151. The molecule has 0 aromatic heterocycles. The third-order valence-electron chi connectivity index (χ3n) is 3.48. The summed E-state index contributed by atoms with van der Waals surface area (Å²) in [7, 11) is 0. The van der Waals surface area contributed by atoms with Crippen molar-refractivity contribution in [2.45, 2.75) is 45.2 Å². The van der Waals surface area contributed by atoms with Gasteiger partial charge in [-0.05, 0) is 33.1 Å². The monoisotopic (exact) mass is 222 g/mol. The molecule has 86 valence electrons. The van der Waals surface area contributed by atoms with E-state index in [-0.39, 0.29) is 23.9 Å². The van der Waals surface area contributed by atoms with Gasteiger partial charge in [0, 0.05) is 6.04 Å². The molecular formula is C11H14N2O3. The number of imide groups is 1. The fraction of sp³-hybridized carbons (Fsp3) is 0.727. The number of isocyanates is 1. The summed E-state index contributed by atoms with van der Waals surface area (Å²) in [5.41, 5.74) is -0.855. The number of hydrogen-bond donors (Lipinski definition) is 0. The van der Waals surface area contributed by atoms with Gasteiger partial charge in [-0.1, -0.05) is 0 Å². The molecule has 2 unspecified atom stereocenters. The van der Waals surface area contributed by atoms with Crippen molar-refractivity contribution >= 4 is 17.9 Å². The first kappa shape index (κ1) is 11.0. The molecule has 5 nitrogen and oxygen atoms in total. The highest BCUT2D eigenvalue weighted by Gasteiger charge is 2.57. The van der Waals surface area contributed by atoms with Crippen molar-refractivity contribution in [1.82, 2.24) is 4.90 Å². The van der Waals surface area contributed by atoms with Crippen LogP contribution in [0.3, 0.4) is 0 Å². The van der Waals surface area contributed by atoms with E-state index in [1.807, 2.05) is 0 Å². The zero-order valence-corrected chi connectivity index (χ0v) is 9.40. The molecule has 0 spiro atoms. The van der Waals surface area contributed by atoms with Crippen molar-refractivity contribution in [3.8, 4) is 0 Å². The summed E-state index contributed by atoms with van der Waals surface area (Å²) in [6.45, 7) is 3.29. The van der Waals surface area contributed by atoms with Gasteiger partial charge in [0.05, 0.1) is 6.04 Å². The number of rotatable bonds is 2. The van der Waals surface area contributed by atoms with Gasteiger partial charge < -0.3 is 0 Å². The predicted molar refractivity (Wildman–Crippen MR) is 55.2 cm³/mol. The van der Waals surface area contributed by atoms with Crippen LogP contribution in [0.15, 0.2) is 4.99 Å². The number of carbonyl (C=O) groups excluding carboxylic acids is 3. The lowest BCUT2D eigenvalue weighted by Crippen LogP contribution is -2.66. The second-order valence-electron chi connectivity index (χ2n) is 4.95. The van der Waals surface area contributed by atoms with E-state index in [1.54, 1.807) is 13.8 Å². The average molecular weight is 222 g/mol. The fourth-order valence-electron chi connectivity index (χ4n) is 2.43. The Bertz CT molecular complexity index is 378. The Kier molecular flexibility index (Phi) is 2.43. The molecule has 2 amide bonds. The van der Waals surface area contributed by atoms with Crippen molar-refractivity contribution in [2.75, 3.05) is 0 Å². The lowest BCUT2D eigenvalue weighted by atomic mass is 9.80. The molecule has 2 rings (SSSR count). The highest BCUT2D eigenvalue weighted by atomic mass is 16.2. The molecule has 0 bridgehead atoms. The Hall–Kier alpha value is -1.48. The van der Waals surface area contributed by atoms with Gasteiger partial charge in [0.25, 0.3) is 0 Å². The Balaban J connectivity index is 2.05. The Morgan fingerprint density at radius 1 is 1.31 bits per heavy atom. The summed E-state index contributed by atoms with van der Waals surface area (Å²) < 4.78 is 0. The van der Waals surface area contributed by atoms with Gasteiger partial charge in [0.1, 0.15) is 5.41 Å². The van der Waals surface area contributed by atoms with E-state index in [0.29, 0.717) is 6.42 Å². The van der Waals surface area contributed by atoms with Crippen molar-refractivity contribution in [3.05, 3.63) is 0 Å². The molecule has 0 aromatic rings. The molecule has 1 aliphatic carbocycles. The number of amides is 2. The van der Waals surface area contributed by atoms with E-state index in [1.165, 1.54) is 11.0 Å². The van der Waals surface area contributed by atoms with Crippen molar-refractivity contribution in [2.24, 2.45) is 10.4 Å². The van der Waals surface area contributed by atoms with Crippen LogP contribution in [0, 0.1) is 5.41 Å². The maximum atomic E-state index is 11.7. The van der Waals surface area contributed by atoms with Gasteiger partial charge >= 0.3 is 0 Å². The number of nitrogens with zero attached hydrogens (tertiary/aromatic N) is 2. The van der Waals surface area contributed by atoms with Crippen molar-refractivity contribution in [3.63, 3.8) is 0 Å². The zero-order valence-electron chi connectivity index (χ0n) is 9.40. The van der Waals surface area contributed by atoms with E-state index in [4.69, 9.17) is 0 Å². The molecule has 1 saturated carbocycles. The number of carbonyl (C=O) groups is 2. The molecule has 1 saturated heterocycles. The maximum Gasteiger partial charge on any atom is 0.244 e. The first-order chi connectivity index (χ1) is 7.48. The van der Waals surface area contributed by atoms with Gasteiger partial charge in [0.2, 0.25) is 17.9 Å². The summed E-state index contributed by atoms with van der Waals surface area (Å²) >= 11 is 0. The minimum absolute atomic E-state index is 0.0740. The molecule has 5 heteroatoms. The van der Waals surface area contributed by atoms with Crippen LogP contribution in [-0.4, -0.2) is 34.9 Å². The third kappa shape index (κ3) is 1.39. The topological polar surface area (TPSA) is 66.8 Å². The summed E-state index contributed by atoms with van der Waals surface area (Å²) in [5, 5.41) is 0. The number of likely N-dealkylation sites (tertiary alicyclic amines) is 1. The second kappa shape index (κ2) is 3.52. The number of β-lactam (4-membered cyclic amide) rings is 2. The van der Waals surface area contributed by atoms with Crippen LogP contribution in [0.4, 0.5) is 0 Å². The molecule has 2 atom stereocenters. The van der Waals surface area contributed by atoms with Crippen LogP contribution in [0.2, 0.25) is 0 Å². The van der Waals surface area contributed by atoms with E-state index < -0.39 is 5.41 Å². The second-order valence-corrected chi connectivity index (χ2v) is 4.95. The molecule has 16 heavy (non-hydrogen) atoms. The molecular weight excluding hydrogens is 208 g/mol. The van der Waals surface area contributed by atoms with Gasteiger partial charge in [-0.25, -0.2) is 9.79 Å². The minimum Gasteiger partial charge on any atom is -0.278 e. The molecule has 1 aliphatic heterocycles. The molecule has 0 N–H and O–H groups in total. The zero-order chi connectivity index (χ0) is 11.9. The highest BCUT2D eigenvalue weighted by Crippen LogP contribution is 2.39. The lowest BCUT2D eigenvalue weighted by Gasteiger charge is -2.45. The first-order valence-electron chi connectivity index (χ1n) is 5.43. The SMILES string of the molecule is CC1(C)C(=O)N(C2CCC(N=C=O)C2)C1=O. The lowest BCUT2D eigenvalue weighted by molar-refractivity contribution is -0.177. The van der Waals surface area contributed by atoms with Crippen LogP contribution in [0.1, 0.15) is 33.1 Å². The van der Waals surface area contributed by atoms with Gasteiger partial charge in [-0.15, -0.1) is 0 Å². The van der Waals surface area contributed by atoms with E-state index in [9.17, 15) is 14.4 Å². The first-order valence-corrected chi connectivity index (χ1v) is 5.43. The van der Waals surface area contributed by atoms with Crippen molar-refractivity contribution in [1.29, 1.82) is 0 Å². The quantitative estimate of drug-likeness (QED) is 0.298. The fourth-order valence-corrected chi connectivity index (χ4v) is 2.43. The molecule has 0 aromatic carbocycles. The molecule has 2 aliphatic rings.